The number of amides is 1. The molecule has 5 heterocycles. The van der Waals surface area contributed by atoms with E-state index in [1.807, 2.05) is 21.7 Å². The zero-order valence-electron chi connectivity index (χ0n) is 16.8. The quantitative estimate of drug-likeness (QED) is 0.759. The van der Waals surface area contributed by atoms with Crippen molar-refractivity contribution in [1.82, 2.24) is 23.6 Å². The van der Waals surface area contributed by atoms with Gasteiger partial charge in [0.15, 0.2) is 0 Å². The molecular formula is C21H27N5O2S. The first kappa shape index (κ1) is 19.0. The first-order chi connectivity index (χ1) is 14.1. The van der Waals surface area contributed by atoms with Gasteiger partial charge in [0.1, 0.15) is 5.56 Å². The maximum absolute atomic E-state index is 13.2. The van der Waals surface area contributed by atoms with Crippen LogP contribution in [0, 0.1) is 5.92 Å². The Morgan fingerprint density at radius 2 is 2.00 bits per heavy atom. The Labute approximate surface area is 174 Å². The fourth-order valence-electron chi connectivity index (χ4n) is 5.08. The van der Waals surface area contributed by atoms with Crippen LogP contribution in [0.1, 0.15) is 34.0 Å². The normalized spacial score (nSPS) is 25.1. The van der Waals surface area contributed by atoms with Gasteiger partial charge in [-0.2, -0.15) is 0 Å². The Bertz CT molecular complexity index is 948. The van der Waals surface area contributed by atoms with Gasteiger partial charge in [-0.15, -0.1) is 0 Å². The summed E-state index contributed by atoms with van der Waals surface area (Å²) in [5.41, 5.74) is 2.59. The molecule has 8 heteroatoms. The van der Waals surface area contributed by atoms with Gasteiger partial charge in [-0.1, -0.05) is 0 Å². The van der Waals surface area contributed by atoms with E-state index >= 15 is 0 Å². The van der Waals surface area contributed by atoms with E-state index in [-0.39, 0.29) is 11.5 Å². The average Bonchev–Trinajstić information content (AvgIpc) is 3.22. The lowest BCUT2D eigenvalue weighted by Gasteiger charge is -2.43. The van der Waals surface area contributed by atoms with Crippen LogP contribution in [0.5, 0.6) is 0 Å². The first-order valence-corrected chi connectivity index (χ1v) is 11.2. The van der Waals surface area contributed by atoms with Crippen molar-refractivity contribution in [2.45, 2.75) is 25.4 Å². The molecule has 5 rings (SSSR count). The summed E-state index contributed by atoms with van der Waals surface area (Å²) >= 11 is 1.50. The average molecular weight is 414 g/mol. The Morgan fingerprint density at radius 3 is 2.76 bits per heavy atom. The van der Waals surface area contributed by atoms with Crippen LogP contribution < -0.4 is 5.56 Å². The van der Waals surface area contributed by atoms with Crippen LogP contribution in [0.2, 0.25) is 0 Å². The largest absolute Gasteiger partial charge is 0.336 e. The summed E-state index contributed by atoms with van der Waals surface area (Å²) in [6.07, 6.45) is 3.08. The topological polar surface area (TPSA) is 61.7 Å². The summed E-state index contributed by atoms with van der Waals surface area (Å²) in [6.45, 7) is 6.69. The lowest BCUT2D eigenvalue weighted by Crippen LogP contribution is -2.50. The Hall–Kier alpha value is -2.03. The molecule has 3 aliphatic heterocycles. The number of aromatic nitrogens is 2. The van der Waals surface area contributed by atoms with Crippen molar-refractivity contribution in [2.75, 3.05) is 46.3 Å². The van der Waals surface area contributed by atoms with E-state index in [0.717, 1.165) is 44.8 Å². The summed E-state index contributed by atoms with van der Waals surface area (Å²) in [6, 6.07) is 3.80. The van der Waals surface area contributed by atoms with Crippen LogP contribution in [0.25, 0.3) is 0 Å². The van der Waals surface area contributed by atoms with Gasteiger partial charge in [0, 0.05) is 75.5 Å². The van der Waals surface area contributed by atoms with E-state index in [0.29, 0.717) is 37.0 Å². The molecule has 154 valence electrons. The fourth-order valence-corrected chi connectivity index (χ4v) is 5.61. The minimum Gasteiger partial charge on any atom is -0.336 e. The molecule has 2 bridgehead atoms. The summed E-state index contributed by atoms with van der Waals surface area (Å²) in [5, 5.41) is 2.11. The zero-order chi connectivity index (χ0) is 20.0. The van der Waals surface area contributed by atoms with Crippen molar-refractivity contribution in [3.05, 3.63) is 50.9 Å². The molecule has 2 fully saturated rings. The third-order valence-corrected chi connectivity index (χ3v) is 7.23. The molecule has 2 aromatic heterocycles. The number of piperazine rings is 1. The second-order valence-corrected chi connectivity index (χ2v) is 9.37. The molecule has 0 aliphatic carbocycles. The van der Waals surface area contributed by atoms with E-state index in [1.165, 1.54) is 17.1 Å². The van der Waals surface area contributed by atoms with Crippen molar-refractivity contribution < 1.29 is 4.79 Å². The number of carbonyl (C=O) groups excluding carboxylic acids is 1. The fraction of sp³-hybridized carbons (Fsp3) is 0.571. The van der Waals surface area contributed by atoms with Gasteiger partial charge in [0.25, 0.3) is 11.5 Å². The molecular weight excluding hydrogens is 386 g/mol. The minimum atomic E-state index is -0.110. The van der Waals surface area contributed by atoms with Gasteiger partial charge in [0.2, 0.25) is 0 Å². The van der Waals surface area contributed by atoms with Gasteiger partial charge < -0.3 is 14.4 Å². The molecule has 0 saturated carbocycles. The molecule has 1 amide bonds. The summed E-state index contributed by atoms with van der Waals surface area (Å²) in [5.74, 6) is 0.704. The SMILES string of the molecule is CN1CCN(C(=O)c2ccc3n(c2=O)C[C@H]2C[C@@H]3CN(Cc3cnsc3)C2)CC1. The van der Waals surface area contributed by atoms with Crippen molar-refractivity contribution in [1.29, 1.82) is 0 Å². The van der Waals surface area contributed by atoms with E-state index in [4.69, 9.17) is 0 Å². The monoisotopic (exact) mass is 413 g/mol. The molecule has 0 aromatic carbocycles. The van der Waals surface area contributed by atoms with Crippen LogP contribution in [0.3, 0.4) is 0 Å². The molecule has 2 aromatic rings. The summed E-state index contributed by atoms with van der Waals surface area (Å²) in [4.78, 5) is 32.7. The highest BCUT2D eigenvalue weighted by atomic mass is 32.1. The third-order valence-electron chi connectivity index (χ3n) is 6.59. The van der Waals surface area contributed by atoms with Crippen molar-refractivity contribution in [2.24, 2.45) is 5.92 Å². The number of carbonyl (C=O) groups is 1. The Balaban J connectivity index is 1.37. The van der Waals surface area contributed by atoms with Gasteiger partial charge in [-0.25, -0.2) is 4.37 Å². The van der Waals surface area contributed by atoms with Gasteiger partial charge >= 0.3 is 0 Å². The molecule has 7 nitrogen and oxygen atoms in total. The maximum Gasteiger partial charge on any atom is 0.263 e. The number of fused-ring (bicyclic) bond motifs is 4. The van der Waals surface area contributed by atoms with Crippen LogP contribution in [0.15, 0.2) is 28.5 Å². The number of hydrogen-bond acceptors (Lipinski definition) is 6. The highest BCUT2D eigenvalue weighted by Gasteiger charge is 2.35. The number of nitrogens with zero attached hydrogens (tertiary/aromatic N) is 5. The molecule has 0 N–H and O–H groups in total. The second kappa shape index (κ2) is 7.66. The Kier molecular flexibility index (Phi) is 5.01. The van der Waals surface area contributed by atoms with Crippen LogP contribution in [0.4, 0.5) is 0 Å². The van der Waals surface area contributed by atoms with Gasteiger partial charge in [-0.05, 0) is 48.6 Å². The summed E-state index contributed by atoms with van der Waals surface area (Å²) < 4.78 is 6.10. The number of rotatable bonds is 3. The zero-order valence-corrected chi connectivity index (χ0v) is 17.6. The second-order valence-electron chi connectivity index (χ2n) is 8.71. The van der Waals surface area contributed by atoms with Gasteiger partial charge in [-0.3, -0.25) is 14.5 Å². The minimum absolute atomic E-state index is 0.100. The lowest BCUT2D eigenvalue weighted by atomic mass is 9.83. The molecule has 0 spiro atoms. The third kappa shape index (κ3) is 3.65. The molecule has 0 radical (unpaired) electrons. The molecule has 2 saturated heterocycles. The maximum atomic E-state index is 13.2. The van der Waals surface area contributed by atoms with Gasteiger partial charge in [0.05, 0.1) is 0 Å². The standard InChI is InChI=1S/C21H27N5O2S/c1-23-4-6-25(7-5-23)20(27)18-2-3-19-17-8-15(12-26(19)21(18)28)10-24(13-17)11-16-9-22-29-14-16/h2-3,9,14-15,17H,4-8,10-13H2,1H3/t15-,17+/m0/s1. The van der Waals surface area contributed by atoms with Crippen LogP contribution >= 0.6 is 11.5 Å². The van der Waals surface area contributed by atoms with Crippen LogP contribution in [-0.2, 0) is 13.1 Å². The highest BCUT2D eigenvalue weighted by molar-refractivity contribution is 7.03. The van der Waals surface area contributed by atoms with E-state index in [9.17, 15) is 9.59 Å². The first-order valence-electron chi connectivity index (χ1n) is 10.4. The molecule has 3 aliphatic rings. The van der Waals surface area contributed by atoms with E-state index < -0.39 is 0 Å². The van der Waals surface area contributed by atoms with E-state index in [1.54, 1.807) is 6.07 Å². The molecule has 2 atom stereocenters. The number of piperidine rings is 1. The number of pyridine rings is 1. The predicted molar refractivity (Wildman–Crippen MR) is 112 cm³/mol. The van der Waals surface area contributed by atoms with Crippen LogP contribution in [-0.4, -0.2) is 75.9 Å². The van der Waals surface area contributed by atoms with E-state index in [2.05, 4.69) is 26.6 Å². The predicted octanol–water partition coefficient (Wildman–Crippen LogP) is 1.31. The summed E-state index contributed by atoms with van der Waals surface area (Å²) in [7, 11) is 2.06. The van der Waals surface area contributed by atoms with Crippen molar-refractivity contribution in [3.63, 3.8) is 0 Å². The Morgan fingerprint density at radius 1 is 1.17 bits per heavy atom. The smallest absolute Gasteiger partial charge is 0.263 e. The molecule has 0 unspecified atom stereocenters. The highest BCUT2D eigenvalue weighted by Crippen LogP contribution is 2.35. The van der Waals surface area contributed by atoms with Crippen molar-refractivity contribution in [3.8, 4) is 0 Å². The lowest BCUT2D eigenvalue weighted by molar-refractivity contribution is 0.0659. The number of likely N-dealkylation sites (tertiary alicyclic amines) is 1. The molecule has 29 heavy (non-hydrogen) atoms. The number of likely N-dealkylation sites (N-methyl/N-ethyl adjacent to an activating group) is 1. The van der Waals surface area contributed by atoms with Crippen molar-refractivity contribution >= 4 is 17.4 Å². The number of hydrogen-bond donors (Lipinski definition) is 0.